The molecule has 0 N–H and O–H groups in total. The molecule has 0 aliphatic heterocycles. The van der Waals surface area contributed by atoms with Gasteiger partial charge in [-0.3, -0.25) is 0 Å². The highest BCUT2D eigenvalue weighted by molar-refractivity contribution is 5.89. The normalized spacial score (nSPS) is 12.3. The highest BCUT2D eigenvalue weighted by Gasteiger charge is 2.30. The van der Waals surface area contributed by atoms with Crippen molar-refractivity contribution in [3.8, 4) is 23.0 Å². The van der Waals surface area contributed by atoms with Crippen LogP contribution in [0.5, 0.6) is 23.0 Å². The van der Waals surface area contributed by atoms with Crippen molar-refractivity contribution in [1.29, 1.82) is 0 Å². The fraction of sp³-hybridized carbons (Fsp3) is 0.304. The Morgan fingerprint density at radius 1 is 0.458 bits per heavy atom. The summed E-state index contributed by atoms with van der Waals surface area (Å²) in [7, 11) is 0. The van der Waals surface area contributed by atoms with Crippen LogP contribution in [0.2, 0.25) is 0 Å². The van der Waals surface area contributed by atoms with Gasteiger partial charge >= 0.3 is 0 Å². The third-order valence-corrected chi connectivity index (χ3v) is 9.63. The summed E-state index contributed by atoms with van der Waals surface area (Å²) in [6, 6.07) is 38.8. The Balaban J connectivity index is 1.47. The zero-order valence-electron chi connectivity index (χ0n) is 30.4. The maximum absolute atomic E-state index is 6.80. The molecule has 2 nitrogen and oxygen atoms in total. The molecular formula is C46H50O2. The molecule has 48 heavy (non-hydrogen) atoms. The van der Waals surface area contributed by atoms with Gasteiger partial charge in [0.15, 0.2) is 0 Å². The first-order valence-electron chi connectivity index (χ1n) is 17.3. The van der Waals surface area contributed by atoms with Crippen molar-refractivity contribution >= 4 is 21.5 Å². The first kappa shape index (κ1) is 33.3. The van der Waals surface area contributed by atoms with Crippen molar-refractivity contribution < 1.29 is 9.47 Å². The molecule has 0 atom stereocenters. The lowest BCUT2D eigenvalue weighted by molar-refractivity contribution is 0.455. The van der Waals surface area contributed by atoms with Crippen molar-refractivity contribution in [2.45, 2.75) is 86.0 Å². The lowest BCUT2D eigenvalue weighted by atomic mass is 9.74. The van der Waals surface area contributed by atoms with E-state index in [1.807, 2.05) is 0 Å². The van der Waals surface area contributed by atoms with Gasteiger partial charge < -0.3 is 9.47 Å². The third-order valence-electron chi connectivity index (χ3n) is 9.63. The van der Waals surface area contributed by atoms with Crippen LogP contribution in [0, 0.1) is 19.8 Å². The lowest BCUT2D eigenvalue weighted by Crippen LogP contribution is -2.19. The topological polar surface area (TPSA) is 18.5 Å². The molecule has 246 valence electrons. The van der Waals surface area contributed by atoms with Gasteiger partial charge in [0.2, 0.25) is 0 Å². The van der Waals surface area contributed by atoms with Gasteiger partial charge in [-0.2, -0.15) is 0 Å². The third kappa shape index (κ3) is 6.59. The summed E-state index contributed by atoms with van der Waals surface area (Å²) in [4.78, 5) is 0. The molecule has 0 bridgehead atoms. The smallest absolute Gasteiger partial charge is 0.135 e. The predicted octanol–water partition coefficient (Wildman–Crippen LogP) is 13.6. The standard InChI is InChI=1S/C46H50O2/c1-29(2)44(36-27-38(45(5,6)7)42(25-30(36)3)47-40-23-15-19-32-17-11-13-21-34(32)40)37-28-39(46(8,9)10)43(26-31(37)4)48-41-24-16-20-33-18-12-14-22-35(33)41/h11-29,44H,1-10H3. The summed E-state index contributed by atoms with van der Waals surface area (Å²) >= 11 is 0. The number of rotatable bonds is 7. The SMILES string of the molecule is Cc1cc(Oc2cccc3ccccc23)c(C(C)(C)C)cc1C(c1cc(C(C)(C)C)c(Oc2cccc3ccccc23)cc1C)C(C)C. The quantitative estimate of drug-likeness (QED) is 0.174. The van der Waals surface area contributed by atoms with Crippen LogP contribution >= 0.6 is 0 Å². The zero-order valence-corrected chi connectivity index (χ0v) is 30.4. The summed E-state index contributed by atoms with van der Waals surface area (Å²) in [6.07, 6.45) is 0. The molecule has 0 amide bonds. The molecule has 0 unspecified atom stereocenters. The molecule has 0 saturated heterocycles. The van der Waals surface area contributed by atoms with E-state index in [0.29, 0.717) is 5.92 Å². The largest absolute Gasteiger partial charge is 0.456 e. The van der Waals surface area contributed by atoms with E-state index in [2.05, 4.69) is 178 Å². The van der Waals surface area contributed by atoms with Gasteiger partial charge in [0.05, 0.1) is 0 Å². The second-order valence-electron chi connectivity index (χ2n) is 15.8. The highest BCUT2D eigenvalue weighted by atomic mass is 16.5. The fourth-order valence-corrected chi connectivity index (χ4v) is 7.10. The first-order valence-corrected chi connectivity index (χ1v) is 17.3. The monoisotopic (exact) mass is 634 g/mol. The molecule has 2 heteroatoms. The van der Waals surface area contributed by atoms with Crippen LogP contribution in [0.25, 0.3) is 21.5 Å². The average molecular weight is 635 g/mol. The average Bonchev–Trinajstić information content (AvgIpc) is 3.02. The Bertz CT molecular complexity index is 1940. The Morgan fingerprint density at radius 2 is 0.833 bits per heavy atom. The first-order chi connectivity index (χ1) is 22.7. The molecule has 0 spiro atoms. The zero-order chi connectivity index (χ0) is 34.4. The van der Waals surface area contributed by atoms with Crippen LogP contribution in [-0.2, 0) is 10.8 Å². The van der Waals surface area contributed by atoms with Gasteiger partial charge in [-0.1, -0.05) is 140 Å². The van der Waals surface area contributed by atoms with Crippen molar-refractivity contribution in [2.24, 2.45) is 5.92 Å². The second kappa shape index (κ2) is 12.8. The number of hydrogen-bond donors (Lipinski definition) is 0. The van der Waals surface area contributed by atoms with Crippen LogP contribution in [0.3, 0.4) is 0 Å². The van der Waals surface area contributed by atoms with Gasteiger partial charge in [-0.15, -0.1) is 0 Å². The van der Waals surface area contributed by atoms with E-state index in [0.717, 1.165) is 33.8 Å². The molecule has 0 fully saturated rings. The minimum absolute atomic E-state index is 0.119. The number of aryl methyl sites for hydroxylation is 2. The maximum atomic E-state index is 6.80. The molecule has 0 heterocycles. The summed E-state index contributed by atoms with van der Waals surface area (Å²) in [5.41, 5.74) is 7.38. The minimum Gasteiger partial charge on any atom is -0.456 e. The minimum atomic E-state index is -0.119. The van der Waals surface area contributed by atoms with Crippen LogP contribution in [-0.4, -0.2) is 0 Å². The molecule has 6 rings (SSSR count). The van der Waals surface area contributed by atoms with E-state index < -0.39 is 0 Å². The van der Waals surface area contributed by atoms with Crippen LogP contribution in [0.1, 0.15) is 94.7 Å². The Morgan fingerprint density at radius 3 is 1.21 bits per heavy atom. The Hall–Kier alpha value is -4.56. The molecule has 0 aliphatic carbocycles. The summed E-state index contributed by atoms with van der Waals surface area (Å²) in [5.74, 6) is 4.20. The van der Waals surface area contributed by atoms with E-state index >= 15 is 0 Å². The van der Waals surface area contributed by atoms with E-state index in [9.17, 15) is 0 Å². The van der Waals surface area contributed by atoms with Crippen LogP contribution < -0.4 is 9.47 Å². The van der Waals surface area contributed by atoms with Gasteiger partial charge in [0.25, 0.3) is 0 Å². The van der Waals surface area contributed by atoms with Crippen molar-refractivity contribution in [2.75, 3.05) is 0 Å². The summed E-state index contributed by atoms with van der Waals surface area (Å²) in [5, 5.41) is 4.60. The number of ether oxygens (including phenoxy) is 2. The number of hydrogen-bond acceptors (Lipinski definition) is 2. The molecule has 0 aromatic heterocycles. The molecule has 6 aromatic rings. The summed E-state index contributed by atoms with van der Waals surface area (Å²) < 4.78 is 13.6. The van der Waals surface area contributed by atoms with Crippen LogP contribution in [0.4, 0.5) is 0 Å². The molecule has 0 aliphatic rings. The number of benzene rings is 6. The Kier molecular flexibility index (Phi) is 8.90. The summed E-state index contributed by atoms with van der Waals surface area (Å²) in [6.45, 7) is 22.9. The molecular weight excluding hydrogens is 585 g/mol. The number of fused-ring (bicyclic) bond motifs is 2. The maximum Gasteiger partial charge on any atom is 0.135 e. The van der Waals surface area contributed by atoms with Crippen molar-refractivity contribution in [3.63, 3.8) is 0 Å². The van der Waals surface area contributed by atoms with Gasteiger partial charge in [-0.05, 0) is 87.9 Å². The van der Waals surface area contributed by atoms with E-state index in [-0.39, 0.29) is 16.7 Å². The van der Waals surface area contributed by atoms with E-state index in [1.165, 1.54) is 44.2 Å². The highest BCUT2D eigenvalue weighted by Crippen LogP contribution is 2.46. The van der Waals surface area contributed by atoms with E-state index in [4.69, 9.17) is 9.47 Å². The molecule has 0 saturated carbocycles. The second-order valence-corrected chi connectivity index (χ2v) is 15.8. The molecule has 0 radical (unpaired) electrons. The van der Waals surface area contributed by atoms with Crippen LogP contribution in [0.15, 0.2) is 109 Å². The van der Waals surface area contributed by atoms with Crippen molar-refractivity contribution in [3.05, 3.63) is 143 Å². The fourth-order valence-electron chi connectivity index (χ4n) is 7.10. The van der Waals surface area contributed by atoms with Gasteiger partial charge in [-0.25, -0.2) is 0 Å². The predicted molar refractivity (Wildman–Crippen MR) is 204 cm³/mol. The van der Waals surface area contributed by atoms with Crippen molar-refractivity contribution in [1.82, 2.24) is 0 Å². The molecule has 6 aromatic carbocycles. The van der Waals surface area contributed by atoms with E-state index in [1.54, 1.807) is 0 Å². The van der Waals surface area contributed by atoms with Gasteiger partial charge in [0, 0.05) is 27.8 Å². The Labute approximate surface area is 287 Å². The lowest BCUT2D eigenvalue weighted by Gasteiger charge is -2.32. The van der Waals surface area contributed by atoms with Gasteiger partial charge in [0.1, 0.15) is 23.0 Å².